The van der Waals surface area contributed by atoms with Crippen LogP contribution in [0.5, 0.6) is 0 Å². The van der Waals surface area contributed by atoms with Crippen molar-refractivity contribution >= 4 is 0 Å². The second-order valence-corrected chi connectivity index (χ2v) is 4.62. The van der Waals surface area contributed by atoms with Gasteiger partial charge in [0.1, 0.15) is 5.82 Å². The van der Waals surface area contributed by atoms with Crippen LogP contribution >= 0.6 is 0 Å². The molecule has 2 rings (SSSR count). The summed E-state index contributed by atoms with van der Waals surface area (Å²) in [6.07, 6.45) is 1.09. The van der Waals surface area contributed by atoms with E-state index in [2.05, 4.69) is 36.3 Å². The maximum atomic E-state index is 4.77. The summed E-state index contributed by atoms with van der Waals surface area (Å²) < 4.78 is 0. The summed E-state index contributed by atoms with van der Waals surface area (Å²) in [6.45, 7) is 5.24. The van der Waals surface area contributed by atoms with Gasteiger partial charge in [-0.3, -0.25) is 0 Å². The van der Waals surface area contributed by atoms with Crippen molar-refractivity contribution < 1.29 is 0 Å². The Kier molecular flexibility index (Phi) is 4.15. The number of imidazole rings is 1. The van der Waals surface area contributed by atoms with Crippen LogP contribution in [-0.4, -0.2) is 23.6 Å². The lowest BCUT2D eigenvalue weighted by atomic mass is 10.1. The molecule has 0 fully saturated rings. The molecule has 3 heteroatoms. The molecule has 2 aromatic rings. The fraction of sp³-hybridized carbons (Fsp3) is 0.400. The number of likely N-dealkylation sites (N-methyl/N-ethyl adjacent to an activating group) is 1. The quantitative estimate of drug-likeness (QED) is 0.847. The Bertz CT molecular complexity index is 488. The maximum absolute atomic E-state index is 4.77. The minimum absolute atomic E-state index is 0.450. The first-order valence-electron chi connectivity index (χ1n) is 6.52. The topological polar surface area (TPSA) is 40.7 Å². The fourth-order valence-electron chi connectivity index (χ4n) is 2.23. The normalized spacial score (nSPS) is 12.6. The van der Waals surface area contributed by atoms with Crippen molar-refractivity contribution in [2.75, 3.05) is 13.6 Å². The number of nitrogens with zero attached hydrogens (tertiary/aromatic N) is 1. The van der Waals surface area contributed by atoms with E-state index in [9.17, 15) is 0 Å². The van der Waals surface area contributed by atoms with Gasteiger partial charge in [-0.1, -0.05) is 37.3 Å². The van der Waals surface area contributed by atoms with Gasteiger partial charge in [-0.05, 0) is 20.4 Å². The van der Waals surface area contributed by atoms with E-state index in [0.29, 0.717) is 5.92 Å². The third-order valence-electron chi connectivity index (χ3n) is 3.28. The number of hydrogen-bond donors (Lipinski definition) is 2. The van der Waals surface area contributed by atoms with Crippen LogP contribution in [0.2, 0.25) is 0 Å². The van der Waals surface area contributed by atoms with Crippen LogP contribution < -0.4 is 5.32 Å². The van der Waals surface area contributed by atoms with Crippen LogP contribution in [0.1, 0.15) is 30.8 Å². The smallest absolute Gasteiger partial charge is 0.111 e. The highest BCUT2D eigenvalue weighted by atomic mass is 15.0. The van der Waals surface area contributed by atoms with Gasteiger partial charge in [-0.25, -0.2) is 4.98 Å². The van der Waals surface area contributed by atoms with Crippen molar-refractivity contribution in [3.63, 3.8) is 0 Å². The molecule has 1 aromatic carbocycles. The predicted octanol–water partition coefficient (Wildman–Crippen LogP) is 3.10. The highest BCUT2D eigenvalue weighted by Crippen LogP contribution is 2.24. The summed E-state index contributed by atoms with van der Waals surface area (Å²) in [5.41, 5.74) is 3.39. The molecule has 0 saturated carbocycles. The van der Waals surface area contributed by atoms with Gasteiger partial charge < -0.3 is 10.3 Å². The third-order valence-corrected chi connectivity index (χ3v) is 3.28. The first kappa shape index (κ1) is 12.8. The van der Waals surface area contributed by atoms with Gasteiger partial charge in [0.25, 0.3) is 0 Å². The lowest BCUT2D eigenvalue weighted by molar-refractivity contribution is 0.585. The molecule has 96 valence electrons. The van der Waals surface area contributed by atoms with Gasteiger partial charge in [0.05, 0.1) is 5.69 Å². The van der Waals surface area contributed by atoms with E-state index in [4.69, 9.17) is 4.98 Å². The van der Waals surface area contributed by atoms with E-state index in [-0.39, 0.29) is 0 Å². The van der Waals surface area contributed by atoms with Gasteiger partial charge in [0.15, 0.2) is 0 Å². The molecule has 0 radical (unpaired) electrons. The molecule has 0 saturated heterocycles. The van der Waals surface area contributed by atoms with Crippen molar-refractivity contribution in [1.29, 1.82) is 0 Å². The maximum Gasteiger partial charge on any atom is 0.111 e. The predicted molar refractivity (Wildman–Crippen MR) is 75.7 cm³/mol. The number of nitrogens with one attached hydrogen (secondary N) is 2. The van der Waals surface area contributed by atoms with Crippen LogP contribution in [0.15, 0.2) is 30.3 Å². The summed E-state index contributed by atoms with van der Waals surface area (Å²) in [4.78, 5) is 8.20. The zero-order valence-electron chi connectivity index (χ0n) is 11.3. The molecule has 3 nitrogen and oxygen atoms in total. The molecular formula is C15H21N3. The van der Waals surface area contributed by atoms with Crippen LogP contribution in [-0.2, 0) is 0 Å². The zero-order valence-corrected chi connectivity index (χ0v) is 11.3. The average Bonchev–Trinajstić information content (AvgIpc) is 2.79. The minimum Gasteiger partial charge on any atom is -0.345 e. The molecule has 0 aliphatic rings. The lowest BCUT2D eigenvalue weighted by Crippen LogP contribution is -2.17. The molecule has 0 bridgehead atoms. The minimum atomic E-state index is 0.450. The Morgan fingerprint density at radius 2 is 2.00 bits per heavy atom. The highest BCUT2D eigenvalue weighted by molar-refractivity contribution is 5.61. The molecule has 1 atom stereocenters. The zero-order chi connectivity index (χ0) is 13.0. The van der Waals surface area contributed by atoms with Gasteiger partial charge in [-0.2, -0.15) is 0 Å². The molecule has 1 heterocycles. The summed E-state index contributed by atoms with van der Waals surface area (Å²) in [5.74, 6) is 1.54. The van der Waals surface area contributed by atoms with E-state index in [1.165, 1.54) is 5.56 Å². The van der Waals surface area contributed by atoms with Gasteiger partial charge in [-0.15, -0.1) is 0 Å². The van der Waals surface area contributed by atoms with E-state index in [1.807, 2.05) is 25.2 Å². The standard InChI is InChI=1S/C15H21N3/c1-4-12(10-16-3)15-17-11(2)14(18-15)13-8-6-5-7-9-13/h5-9,12,16H,4,10H2,1-3H3,(H,17,18). The lowest BCUT2D eigenvalue weighted by Gasteiger charge is -2.10. The van der Waals surface area contributed by atoms with Crippen molar-refractivity contribution in [1.82, 2.24) is 15.3 Å². The van der Waals surface area contributed by atoms with E-state index >= 15 is 0 Å². The fourth-order valence-corrected chi connectivity index (χ4v) is 2.23. The Labute approximate surface area is 109 Å². The highest BCUT2D eigenvalue weighted by Gasteiger charge is 2.15. The molecule has 1 aromatic heterocycles. The van der Waals surface area contributed by atoms with Gasteiger partial charge in [0, 0.05) is 23.7 Å². The Hall–Kier alpha value is -1.61. The summed E-state index contributed by atoms with van der Waals surface area (Å²) in [7, 11) is 1.98. The van der Waals surface area contributed by atoms with Crippen molar-refractivity contribution in [2.24, 2.45) is 0 Å². The second kappa shape index (κ2) is 5.83. The van der Waals surface area contributed by atoms with Crippen molar-refractivity contribution in [3.8, 4) is 11.3 Å². The molecule has 0 amide bonds. The van der Waals surface area contributed by atoms with E-state index in [1.54, 1.807) is 0 Å². The van der Waals surface area contributed by atoms with E-state index in [0.717, 1.165) is 30.2 Å². The Morgan fingerprint density at radius 1 is 1.28 bits per heavy atom. The van der Waals surface area contributed by atoms with Crippen molar-refractivity contribution in [2.45, 2.75) is 26.2 Å². The number of aromatic amines is 1. The summed E-state index contributed by atoms with van der Waals surface area (Å²) >= 11 is 0. The first-order valence-corrected chi connectivity index (χ1v) is 6.52. The van der Waals surface area contributed by atoms with E-state index < -0.39 is 0 Å². The molecular weight excluding hydrogens is 222 g/mol. The Morgan fingerprint density at radius 3 is 2.61 bits per heavy atom. The Balaban J connectivity index is 2.32. The molecule has 0 spiro atoms. The van der Waals surface area contributed by atoms with Gasteiger partial charge in [0.2, 0.25) is 0 Å². The number of H-pyrrole nitrogens is 1. The van der Waals surface area contributed by atoms with Crippen LogP contribution in [0.3, 0.4) is 0 Å². The number of aromatic nitrogens is 2. The molecule has 0 aliphatic carbocycles. The number of aryl methyl sites for hydroxylation is 1. The SMILES string of the molecule is CCC(CNC)c1nc(-c2ccccc2)c(C)[nH]1. The monoisotopic (exact) mass is 243 g/mol. The largest absolute Gasteiger partial charge is 0.345 e. The summed E-state index contributed by atoms with van der Waals surface area (Å²) in [5, 5.41) is 3.23. The molecule has 1 unspecified atom stereocenters. The van der Waals surface area contributed by atoms with Crippen LogP contribution in [0.4, 0.5) is 0 Å². The molecule has 18 heavy (non-hydrogen) atoms. The van der Waals surface area contributed by atoms with Crippen molar-refractivity contribution in [3.05, 3.63) is 41.9 Å². The number of hydrogen-bond acceptors (Lipinski definition) is 2. The first-order chi connectivity index (χ1) is 8.76. The van der Waals surface area contributed by atoms with Crippen LogP contribution in [0, 0.1) is 6.92 Å². The third kappa shape index (κ3) is 2.62. The second-order valence-electron chi connectivity index (χ2n) is 4.62. The number of benzene rings is 1. The average molecular weight is 243 g/mol. The van der Waals surface area contributed by atoms with Gasteiger partial charge >= 0.3 is 0 Å². The van der Waals surface area contributed by atoms with Crippen LogP contribution in [0.25, 0.3) is 11.3 Å². The molecule has 2 N–H and O–H groups in total. The number of rotatable bonds is 5. The molecule has 0 aliphatic heterocycles. The summed E-state index contributed by atoms with van der Waals surface area (Å²) in [6, 6.07) is 10.3.